The number of carbonyl (C=O) groups excluding carboxylic acids is 2. The lowest BCUT2D eigenvalue weighted by atomic mass is 10.2. The Morgan fingerprint density at radius 3 is 2.53 bits per heavy atom. The van der Waals surface area contributed by atoms with Crippen LogP contribution in [-0.4, -0.2) is 40.0 Å². The number of amides is 1. The van der Waals surface area contributed by atoms with Crippen LogP contribution in [0.4, 0.5) is 5.69 Å². The zero-order chi connectivity index (χ0) is 22.0. The first-order valence-corrected chi connectivity index (χ1v) is 11.1. The van der Waals surface area contributed by atoms with E-state index in [4.69, 9.17) is 4.74 Å². The third kappa shape index (κ3) is 6.18. The summed E-state index contributed by atoms with van der Waals surface area (Å²) in [6.07, 6.45) is 3.03. The van der Waals surface area contributed by atoms with Gasteiger partial charge in [0, 0.05) is 13.1 Å². The molecule has 0 aliphatic carbocycles. The van der Waals surface area contributed by atoms with Crippen LogP contribution < -0.4 is 9.62 Å². The highest BCUT2D eigenvalue weighted by atomic mass is 32.2. The molecule has 0 fully saturated rings. The first kappa shape index (κ1) is 23.2. The van der Waals surface area contributed by atoms with Crippen molar-refractivity contribution < 1.29 is 22.7 Å². The van der Waals surface area contributed by atoms with E-state index >= 15 is 0 Å². The number of nitrogens with zero attached hydrogens (tertiary/aromatic N) is 1. The van der Waals surface area contributed by atoms with Crippen molar-refractivity contribution in [1.29, 1.82) is 0 Å². The van der Waals surface area contributed by atoms with Crippen molar-refractivity contribution in [1.82, 2.24) is 5.32 Å². The van der Waals surface area contributed by atoms with Gasteiger partial charge in [0.2, 0.25) is 0 Å². The van der Waals surface area contributed by atoms with Crippen LogP contribution in [0, 0.1) is 0 Å². The Bertz CT molecular complexity index is 974. The van der Waals surface area contributed by atoms with Crippen LogP contribution in [0.5, 0.6) is 0 Å². The second kappa shape index (κ2) is 11.2. The maximum absolute atomic E-state index is 13.3. The van der Waals surface area contributed by atoms with E-state index in [1.165, 1.54) is 34.6 Å². The number of unbranched alkanes of at least 4 members (excludes halogenated alkanes) is 1. The summed E-state index contributed by atoms with van der Waals surface area (Å²) in [5.74, 6) is -1.25. The third-order valence-corrected chi connectivity index (χ3v) is 6.02. The summed E-state index contributed by atoms with van der Waals surface area (Å²) >= 11 is 0. The number of hydrogen-bond donors (Lipinski definition) is 1. The topological polar surface area (TPSA) is 92.8 Å². The summed E-state index contributed by atoms with van der Waals surface area (Å²) in [5, 5.41) is 2.49. The first-order chi connectivity index (χ1) is 14.4. The van der Waals surface area contributed by atoms with Gasteiger partial charge in [-0.1, -0.05) is 43.7 Å². The molecule has 0 atom stereocenters. The van der Waals surface area contributed by atoms with Crippen LogP contribution in [0.3, 0.4) is 0 Å². The van der Waals surface area contributed by atoms with E-state index in [-0.39, 0.29) is 17.0 Å². The molecule has 0 bridgehead atoms. The standard InChI is InChI=1S/C22H26N2O5S/c1-3-5-15-24(19-11-7-6-8-12-19)30(27,28)20-13-9-10-18(16-20)22(26)29-17-21(25)23-14-4-2/h4,6-13,16H,2-3,5,14-15,17H2,1H3,(H,23,25). The van der Waals surface area contributed by atoms with E-state index < -0.39 is 28.5 Å². The number of benzene rings is 2. The highest BCUT2D eigenvalue weighted by Gasteiger charge is 2.25. The number of sulfonamides is 1. The summed E-state index contributed by atoms with van der Waals surface area (Å²) in [6, 6.07) is 14.4. The lowest BCUT2D eigenvalue weighted by molar-refractivity contribution is -0.124. The molecule has 8 heteroatoms. The first-order valence-electron chi connectivity index (χ1n) is 9.62. The second-order valence-electron chi connectivity index (χ2n) is 6.46. The summed E-state index contributed by atoms with van der Waals surface area (Å²) < 4.78 is 32.9. The molecule has 0 aromatic heterocycles. The minimum atomic E-state index is -3.89. The third-order valence-electron chi connectivity index (χ3n) is 4.19. The Morgan fingerprint density at radius 1 is 1.13 bits per heavy atom. The van der Waals surface area contributed by atoms with Gasteiger partial charge < -0.3 is 10.1 Å². The van der Waals surface area contributed by atoms with E-state index in [0.29, 0.717) is 18.7 Å². The highest BCUT2D eigenvalue weighted by Crippen LogP contribution is 2.25. The maximum Gasteiger partial charge on any atom is 0.338 e. The number of carbonyl (C=O) groups is 2. The molecule has 1 N–H and O–H groups in total. The highest BCUT2D eigenvalue weighted by molar-refractivity contribution is 7.92. The van der Waals surface area contributed by atoms with Gasteiger partial charge in [-0.3, -0.25) is 9.10 Å². The van der Waals surface area contributed by atoms with Crippen LogP contribution in [0.2, 0.25) is 0 Å². The molecule has 0 saturated heterocycles. The van der Waals surface area contributed by atoms with Gasteiger partial charge in [0.05, 0.1) is 16.1 Å². The molecule has 7 nitrogen and oxygen atoms in total. The minimum absolute atomic E-state index is 0.0204. The molecule has 0 saturated carbocycles. The minimum Gasteiger partial charge on any atom is -0.452 e. The van der Waals surface area contributed by atoms with Gasteiger partial charge >= 0.3 is 5.97 Å². The van der Waals surface area contributed by atoms with E-state index in [1.54, 1.807) is 24.3 Å². The molecule has 2 aromatic carbocycles. The monoisotopic (exact) mass is 430 g/mol. The quantitative estimate of drug-likeness (QED) is 0.437. The number of ether oxygens (including phenoxy) is 1. The van der Waals surface area contributed by atoms with Gasteiger partial charge in [0.1, 0.15) is 0 Å². The summed E-state index contributed by atoms with van der Waals surface area (Å²) in [7, 11) is -3.89. The molecule has 2 rings (SSSR count). The van der Waals surface area contributed by atoms with Crippen LogP contribution in [0.25, 0.3) is 0 Å². The van der Waals surface area contributed by atoms with Crippen molar-refractivity contribution in [3.63, 3.8) is 0 Å². The SMILES string of the molecule is C=CCNC(=O)COC(=O)c1cccc(S(=O)(=O)N(CCCC)c2ccccc2)c1. The summed E-state index contributed by atoms with van der Waals surface area (Å²) in [4.78, 5) is 23.8. The van der Waals surface area contributed by atoms with Crippen LogP contribution in [0.1, 0.15) is 30.1 Å². The molecule has 1 amide bonds. The predicted molar refractivity (Wildman–Crippen MR) is 116 cm³/mol. The number of hydrogen-bond acceptors (Lipinski definition) is 5. The Morgan fingerprint density at radius 2 is 1.87 bits per heavy atom. The number of nitrogens with one attached hydrogen (secondary N) is 1. The van der Waals surface area contributed by atoms with Crippen molar-refractivity contribution in [2.75, 3.05) is 24.0 Å². The molecule has 0 radical (unpaired) electrons. The van der Waals surface area contributed by atoms with Crippen molar-refractivity contribution >= 4 is 27.6 Å². The molecule has 0 spiro atoms. The van der Waals surface area contributed by atoms with E-state index in [0.717, 1.165) is 6.42 Å². The summed E-state index contributed by atoms with van der Waals surface area (Å²) in [6.45, 7) is 5.58. The molecular formula is C22H26N2O5S. The fraction of sp³-hybridized carbons (Fsp3) is 0.273. The average Bonchev–Trinajstić information content (AvgIpc) is 2.77. The van der Waals surface area contributed by atoms with Crippen molar-refractivity contribution in [3.05, 3.63) is 72.8 Å². The number of esters is 1. The number of para-hydroxylation sites is 1. The van der Waals surface area contributed by atoms with Crippen molar-refractivity contribution in [2.24, 2.45) is 0 Å². The Hall–Kier alpha value is -3.13. The molecule has 0 aliphatic heterocycles. The fourth-order valence-electron chi connectivity index (χ4n) is 2.65. The molecule has 30 heavy (non-hydrogen) atoms. The van der Waals surface area contributed by atoms with Crippen molar-refractivity contribution in [2.45, 2.75) is 24.7 Å². The fourth-order valence-corrected chi connectivity index (χ4v) is 4.20. The predicted octanol–water partition coefficient (Wildman–Crippen LogP) is 3.14. The Kier molecular flexibility index (Phi) is 8.61. The molecular weight excluding hydrogens is 404 g/mol. The molecule has 0 unspecified atom stereocenters. The van der Waals surface area contributed by atoms with Gasteiger partial charge in [-0.2, -0.15) is 0 Å². The largest absolute Gasteiger partial charge is 0.452 e. The normalized spacial score (nSPS) is 10.8. The van der Waals surface area contributed by atoms with Crippen LogP contribution >= 0.6 is 0 Å². The van der Waals surface area contributed by atoms with Crippen molar-refractivity contribution in [3.8, 4) is 0 Å². The average molecular weight is 431 g/mol. The molecule has 0 heterocycles. The number of rotatable bonds is 11. The second-order valence-corrected chi connectivity index (χ2v) is 8.33. The van der Waals surface area contributed by atoms with E-state index in [9.17, 15) is 18.0 Å². The maximum atomic E-state index is 13.3. The zero-order valence-corrected chi connectivity index (χ0v) is 17.7. The van der Waals surface area contributed by atoms with Gasteiger partial charge in [-0.05, 0) is 36.8 Å². The Labute approximate surface area is 177 Å². The lowest BCUT2D eigenvalue weighted by Gasteiger charge is -2.24. The van der Waals surface area contributed by atoms with Crippen LogP contribution in [-0.2, 0) is 19.6 Å². The van der Waals surface area contributed by atoms with Gasteiger partial charge in [-0.15, -0.1) is 6.58 Å². The van der Waals surface area contributed by atoms with Crippen LogP contribution in [0.15, 0.2) is 72.1 Å². The smallest absolute Gasteiger partial charge is 0.338 e. The Balaban J connectivity index is 2.24. The number of anilines is 1. The molecule has 2 aromatic rings. The van der Waals surface area contributed by atoms with Gasteiger partial charge in [0.15, 0.2) is 6.61 Å². The molecule has 160 valence electrons. The lowest BCUT2D eigenvalue weighted by Crippen LogP contribution is -2.32. The van der Waals surface area contributed by atoms with E-state index in [1.807, 2.05) is 13.0 Å². The summed E-state index contributed by atoms with van der Waals surface area (Å²) in [5.41, 5.74) is 0.605. The van der Waals surface area contributed by atoms with Gasteiger partial charge in [0.25, 0.3) is 15.9 Å². The van der Waals surface area contributed by atoms with Gasteiger partial charge in [-0.25, -0.2) is 13.2 Å². The zero-order valence-electron chi connectivity index (χ0n) is 16.9. The van der Waals surface area contributed by atoms with E-state index in [2.05, 4.69) is 11.9 Å². The molecule has 0 aliphatic rings.